The second-order valence-corrected chi connectivity index (χ2v) is 5.79. The Morgan fingerprint density at radius 2 is 2.14 bits per heavy atom. The summed E-state index contributed by atoms with van der Waals surface area (Å²) in [5.41, 5.74) is 10.5. The topological polar surface area (TPSA) is 55.0 Å². The summed E-state index contributed by atoms with van der Waals surface area (Å²) in [4.78, 5) is 11.5. The van der Waals surface area contributed by atoms with E-state index in [1.54, 1.807) is 0 Å². The largest absolute Gasteiger partial charge is 0.337 e. The van der Waals surface area contributed by atoms with Crippen molar-refractivity contribution in [3.05, 3.63) is 41.6 Å². The van der Waals surface area contributed by atoms with Crippen molar-refractivity contribution >= 4 is 5.95 Å². The SMILES string of the molecule is Cc1ccc(-c2ccnc(N3CCCC3CN)n2)c(C)c1. The van der Waals surface area contributed by atoms with Crippen molar-refractivity contribution in [2.24, 2.45) is 5.73 Å². The van der Waals surface area contributed by atoms with Crippen molar-refractivity contribution in [1.29, 1.82) is 0 Å². The van der Waals surface area contributed by atoms with E-state index in [4.69, 9.17) is 10.7 Å². The molecule has 1 aromatic carbocycles. The van der Waals surface area contributed by atoms with Gasteiger partial charge in [0.1, 0.15) is 0 Å². The molecule has 1 aliphatic rings. The third kappa shape index (κ3) is 2.76. The number of anilines is 1. The molecular weight excluding hydrogens is 260 g/mol. The first-order valence-electron chi connectivity index (χ1n) is 7.56. The smallest absolute Gasteiger partial charge is 0.226 e. The molecule has 4 nitrogen and oxygen atoms in total. The van der Waals surface area contributed by atoms with E-state index in [1.165, 1.54) is 23.1 Å². The number of nitrogens with zero attached hydrogens (tertiary/aromatic N) is 3. The van der Waals surface area contributed by atoms with Crippen molar-refractivity contribution in [3.8, 4) is 11.3 Å². The minimum atomic E-state index is 0.374. The summed E-state index contributed by atoms with van der Waals surface area (Å²) in [6.07, 6.45) is 4.15. The lowest BCUT2D eigenvalue weighted by molar-refractivity contribution is 0.664. The Bertz CT molecular complexity index is 638. The van der Waals surface area contributed by atoms with Gasteiger partial charge in [0, 0.05) is 30.9 Å². The van der Waals surface area contributed by atoms with Crippen LogP contribution in [0.25, 0.3) is 11.3 Å². The Morgan fingerprint density at radius 3 is 2.90 bits per heavy atom. The molecule has 1 fully saturated rings. The predicted molar refractivity (Wildman–Crippen MR) is 86.4 cm³/mol. The maximum Gasteiger partial charge on any atom is 0.226 e. The lowest BCUT2D eigenvalue weighted by Gasteiger charge is -2.23. The summed E-state index contributed by atoms with van der Waals surface area (Å²) in [5, 5.41) is 0. The number of aromatic nitrogens is 2. The third-order valence-corrected chi connectivity index (χ3v) is 4.21. The molecule has 110 valence electrons. The average Bonchev–Trinajstić information content (AvgIpc) is 2.96. The number of nitrogens with two attached hydrogens (primary N) is 1. The Balaban J connectivity index is 1.96. The molecule has 1 aromatic heterocycles. The highest BCUT2D eigenvalue weighted by molar-refractivity contribution is 5.64. The lowest BCUT2D eigenvalue weighted by Crippen LogP contribution is -2.36. The highest BCUT2D eigenvalue weighted by atomic mass is 15.3. The van der Waals surface area contributed by atoms with Gasteiger partial charge in [-0.2, -0.15) is 0 Å². The Hall–Kier alpha value is -1.94. The summed E-state index contributed by atoms with van der Waals surface area (Å²) in [6, 6.07) is 8.81. The van der Waals surface area contributed by atoms with Crippen molar-refractivity contribution in [2.75, 3.05) is 18.0 Å². The van der Waals surface area contributed by atoms with Gasteiger partial charge >= 0.3 is 0 Å². The molecule has 0 aliphatic carbocycles. The molecule has 0 radical (unpaired) electrons. The monoisotopic (exact) mass is 282 g/mol. The van der Waals surface area contributed by atoms with Crippen LogP contribution in [0.3, 0.4) is 0 Å². The van der Waals surface area contributed by atoms with E-state index < -0.39 is 0 Å². The summed E-state index contributed by atoms with van der Waals surface area (Å²) in [6.45, 7) is 5.90. The fourth-order valence-electron chi connectivity index (χ4n) is 3.08. The molecule has 2 heterocycles. The number of hydrogen-bond acceptors (Lipinski definition) is 4. The van der Waals surface area contributed by atoms with Gasteiger partial charge in [0.25, 0.3) is 0 Å². The van der Waals surface area contributed by atoms with Crippen molar-refractivity contribution in [3.63, 3.8) is 0 Å². The van der Waals surface area contributed by atoms with E-state index in [0.717, 1.165) is 24.6 Å². The normalized spacial score (nSPS) is 18.2. The van der Waals surface area contributed by atoms with Crippen LogP contribution in [0.1, 0.15) is 24.0 Å². The minimum absolute atomic E-state index is 0.374. The number of benzene rings is 1. The number of rotatable bonds is 3. The van der Waals surface area contributed by atoms with Crippen LogP contribution in [-0.2, 0) is 0 Å². The standard InChI is InChI=1S/C17H22N4/c1-12-5-6-15(13(2)10-12)16-7-8-19-17(20-16)21-9-3-4-14(21)11-18/h5-8,10,14H,3-4,9,11,18H2,1-2H3. The van der Waals surface area contributed by atoms with E-state index in [9.17, 15) is 0 Å². The molecule has 1 atom stereocenters. The summed E-state index contributed by atoms with van der Waals surface area (Å²) in [7, 11) is 0. The first-order chi connectivity index (χ1) is 10.2. The molecule has 3 rings (SSSR count). The van der Waals surface area contributed by atoms with Crippen molar-refractivity contribution in [2.45, 2.75) is 32.7 Å². The molecule has 1 aliphatic heterocycles. The Labute approximate surface area is 126 Å². The van der Waals surface area contributed by atoms with Gasteiger partial charge in [0.15, 0.2) is 0 Å². The lowest BCUT2D eigenvalue weighted by atomic mass is 10.0. The van der Waals surface area contributed by atoms with E-state index >= 15 is 0 Å². The van der Waals surface area contributed by atoms with Crippen LogP contribution >= 0.6 is 0 Å². The molecular formula is C17H22N4. The van der Waals surface area contributed by atoms with Crippen LogP contribution in [-0.4, -0.2) is 29.1 Å². The van der Waals surface area contributed by atoms with Crippen LogP contribution in [0.15, 0.2) is 30.5 Å². The predicted octanol–water partition coefficient (Wildman–Crippen LogP) is 2.69. The van der Waals surface area contributed by atoms with Crippen molar-refractivity contribution < 1.29 is 0 Å². The van der Waals surface area contributed by atoms with Crippen LogP contribution in [0.4, 0.5) is 5.95 Å². The van der Waals surface area contributed by atoms with E-state index in [2.05, 4.69) is 41.9 Å². The number of hydrogen-bond donors (Lipinski definition) is 1. The maximum atomic E-state index is 5.85. The summed E-state index contributed by atoms with van der Waals surface area (Å²) in [5.74, 6) is 0.806. The van der Waals surface area contributed by atoms with Gasteiger partial charge in [-0.3, -0.25) is 0 Å². The van der Waals surface area contributed by atoms with Gasteiger partial charge in [-0.1, -0.05) is 23.8 Å². The quantitative estimate of drug-likeness (QED) is 0.940. The number of aryl methyl sites for hydroxylation is 2. The fourth-order valence-corrected chi connectivity index (χ4v) is 3.08. The average molecular weight is 282 g/mol. The second kappa shape index (κ2) is 5.82. The maximum absolute atomic E-state index is 5.85. The summed E-state index contributed by atoms with van der Waals surface area (Å²) >= 11 is 0. The van der Waals surface area contributed by atoms with Gasteiger partial charge in [-0.05, 0) is 38.3 Å². The molecule has 21 heavy (non-hydrogen) atoms. The molecule has 1 saturated heterocycles. The molecule has 2 N–H and O–H groups in total. The van der Waals surface area contributed by atoms with Crippen LogP contribution < -0.4 is 10.6 Å². The van der Waals surface area contributed by atoms with Crippen LogP contribution in [0.5, 0.6) is 0 Å². The van der Waals surface area contributed by atoms with Crippen molar-refractivity contribution in [1.82, 2.24) is 9.97 Å². The molecule has 4 heteroatoms. The zero-order chi connectivity index (χ0) is 14.8. The summed E-state index contributed by atoms with van der Waals surface area (Å²) < 4.78 is 0. The van der Waals surface area contributed by atoms with E-state index in [-0.39, 0.29) is 0 Å². The molecule has 2 aromatic rings. The highest BCUT2D eigenvalue weighted by Gasteiger charge is 2.25. The molecule has 0 saturated carbocycles. The fraction of sp³-hybridized carbons (Fsp3) is 0.412. The third-order valence-electron chi connectivity index (χ3n) is 4.21. The van der Waals surface area contributed by atoms with E-state index in [0.29, 0.717) is 12.6 Å². The first kappa shape index (κ1) is 14.0. The van der Waals surface area contributed by atoms with Crippen LogP contribution in [0, 0.1) is 13.8 Å². The zero-order valence-corrected chi connectivity index (χ0v) is 12.7. The highest BCUT2D eigenvalue weighted by Crippen LogP contribution is 2.26. The zero-order valence-electron chi connectivity index (χ0n) is 12.7. The van der Waals surface area contributed by atoms with Gasteiger partial charge in [-0.15, -0.1) is 0 Å². The second-order valence-electron chi connectivity index (χ2n) is 5.79. The van der Waals surface area contributed by atoms with Gasteiger partial charge in [-0.25, -0.2) is 9.97 Å². The van der Waals surface area contributed by atoms with Crippen LogP contribution in [0.2, 0.25) is 0 Å². The van der Waals surface area contributed by atoms with Gasteiger partial charge in [0.05, 0.1) is 5.69 Å². The minimum Gasteiger partial charge on any atom is -0.337 e. The molecule has 0 amide bonds. The van der Waals surface area contributed by atoms with E-state index in [1.807, 2.05) is 12.3 Å². The Kier molecular flexibility index (Phi) is 3.88. The molecule has 0 spiro atoms. The van der Waals surface area contributed by atoms with Gasteiger partial charge < -0.3 is 10.6 Å². The molecule has 1 unspecified atom stereocenters. The van der Waals surface area contributed by atoms with Gasteiger partial charge in [0.2, 0.25) is 5.95 Å². The first-order valence-corrected chi connectivity index (χ1v) is 7.56. The molecule has 0 bridgehead atoms. The Morgan fingerprint density at radius 1 is 1.29 bits per heavy atom.